The number of hydrogen-bond donors (Lipinski definition) is 1. The number of nitrogens with zero attached hydrogens (tertiary/aromatic N) is 1. The van der Waals surface area contributed by atoms with Crippen LogP contribution in [0.2, 0.25) is 0 Å². The number of halogens is 1. The van der Waals surface area contributed by atoms with E-state index in [1.54, 1.807) is 24.3 Å². The van der Waals surface area contributed by atoms with Crippen LogP contribution in [0.15, 0.2) is 18.2 Å². The first-order chi connectivity index (χ1) is 10.2. The topological polar surface area (TPSA) is 24.9 Å². The van der Waals surface area contributed by atoms with E-state index in [1.807, 2.05) is 12.1 Å². The van der Waals surface area contributed by atoms with Crippen LogP contribution in [0.4, 0.5) is 4.39 Å². The molecule has 1 saturated carbocycles. The van der Waals surface area contributed by atoms with E-state index in [1.165, 1.54) is 23.4 Å². The lowest BCUT2D eigenvalue weighted by Gasteiger charge is -2.01. The lowest BCUT2D eigenvalue weighted by molar-refractivity contribution is 0.619. The summed E-state index contributed by atoms with van der Waals surface area (Å²) in [7, 11) is 0. The number of nitrogens with one attached hydrogen (secondary N) is 1. The molecule has 1 aliphatic rings. The van der Waals surface area contributed by atoms with E-state index >= 15 is 0 Å². The highest BCUT2D eigenvalue weighted by Gasteiger charge is 2.21. The fraction of sp³-hybridized carbons (Fsp3) is 0.471. The minimum absolute atomic E-state index is 0.155. The molecule has 0 atom stereocenters. The van der Waals surface area contributed by atoms with Gasteiger partial charge in [-0.25, -0.2) is 9.37 Å². The summed E-state index contributed by atoms with van der Waals surface area (Å²) in [5, 5.41) is 4.49. The second-order valence-corrected chi connectivity index (χ2v) is 6.84. The van der Waals surface area contributed by atoms with Crippen molar-refractivity contribution in [2.24, 2.45) is 0 Å². The second-order valence-electron chi connectivity index (χ2n) is 5.76. The maximum absolute atomic E-state index is 13.7. The van der Waals surface area contributed by atoms with Gasteiger partial charge in [-0.3, -0.25) is 0 Å². The summed E-state index contributed by atoms with van der Waals surface area (Å²) in [6.07, 6.45) is 4.66. The van der Waals surface area contributed by atoms with Gasteiger partial charge in [0.15, 0.2) is 0 Å². The SMILES string of the molecule is CCCc1nc(-c2ccc(C)c(F)c2)sc1CNC1CC1. The Bertz CT molecular complexity index is 632. The van der Waals surface area contributed by atoms with Crippen molar-refractivity contribution >= 4 is 11.3 Å². The molecule has 2 nitrogen and oxygen atoms in total. The second kappa shape index (κ2) is 6.24. The molecule has 0 bridgehead atoms. The van der Waals surface area contributed by atoms with E-state index in [4.69, 9.17) is 4.98 Å². The minimum atomic E-state index is -0.155. The number of thiazole rings is 1. The van der Waals surface area contributed by atoms with Crippen molar-refractivity contribution in [2.75, 3.05) is 0 Å². The van der Waals surface area contributed by atoms with E-state index in [9.17, 15) is 4.39 Å². The zero-order chi connectivity index (χ0) is 14.8. The molecule has 1 heterocycles. The molecule has 0 spiro atoms. The first-order valence-corrected chi connectivity index (χ1v) is 8.47. The average molecular weight is 304 g/mol. The number of hydrogen-bond acceptors (Lipinski definition) is 3. The average Bonchev–Trinajstić information content (AvgIpc) is 3.21. The van der Waals surface area contributed by atoms with Crippen LogP contribution in [0.25, 0.3) is 10.6 Å². The highest BCUT2D eigenvalue weighted by atomic mass is 32.1. The third-order valence-electron chi connectivity index (χ3n) is 3.81. The zero-order valence-corrected chi connectivity index (χ0v) is 13.4. The van der Waals surface area contributed by atoms with Crippen molar-refractivity contribution in [3.8, 4) is 10.6 Å². The largest absolute Gasteiger partial charge is 0.309 e. The van der Waals surface area contributed by atoms with Crippen LogP contribution in [0, 0.1) is 12.7 Å². The number of benzene rings is 1. The quantitative estimate of drug-likeness (QED) is 0.852. The predicted molar refractivity (Wildman–Crippen MR) is 86.1 cm³/mol. The molecule has 0 amide bonds. The lowest BCUT2D eigenvalue weighted by atomic mass is 10.1. The summed E-state index contributed by atoms with van der Waals surface area (Å²) >= 11 is 1.70. The van der Waals surface area contributed by atoms with Crippen molar-refractivity contribution in [2.45, 2.75) is 52.1 Å². The Hall–Kier alpha value is -1.26. The van der Waals surface area contributed by atoms with Gasteiger partial charge in [0, 0.05) is 23.0 Å². The molecule has 1 aliphatic carbocycles. The minimum Gasteiger partial charge on any atom is -0.309 e. The fourth-order valence-electron chi connectivity index (χ4n) is 2.33. The first kappa shape index (κ1) is 14.7. The Morgan fingerprint density at radius 2 is 2.19 bits per heavy atom. The van der Waals surface area contributed by atoms with E-state index in [-0.39, 0.29) is 5.82 Å². The zero-order valence-electron chi connectivity index (χ0n) is 12.6. The van der Waals surface area contributed by atoms with Gasteiger partial charge in [0.05, 0.1) is 5.69 Å². The normalized spacial score (nSPS) is 14.6. The van der Waals surface area contributed by atoms with Crippen LogP contribution in [-0.4, -0.2) is 11.0 Å². The highest BCUT2D eigenvalue weighted by molar-refractivity contribution is 7.15. The molecule has 1 aromatic carbocycles. The molecule has 112 valence electrons. The van der Waals surface area contributed by atoms with Crippen LogP contribution in [0.1, 0.15) is 42.3 Å². The van der Waals surface area contributed by atoms with Gasteiger partial charge in [0.1, 0.15) is 10.8 Å². The van der Waals surface area contributed by atoms with E-state index in [2.05, 4.69) is 12.2 Å². The Morgan fingerprint density at radius 3 is 2.86 bits per heavy atom. The fourth-order valence-corrected chi connectivity index (χ4v) is 3.38. The van der Waals surface area contributed by atoms with Crippen molar-refractivity contribution in [3.05, 3.63) is 40.2 Å². The van der Waals surface area contributed by atoms with Crippen LogP contribution in [0.5, 0.6) is 0 Å². The van der Waals surface area contributed by atoms with Gasteiger partial charge in [-0.1, -0.05) is 25.5 Å². The van der Waals surface area contributed by atoms with Crippen molar-refractivity contribution in [1.82, 2.24) is 10.3 Å². The molecule has 21 heavy (non-hydrogen) atoms. The molecule has 4 heteroatoms. The maximum atomic E-state index is 13.7. The number of aryl methyl sites for hydroxylation is 2. The summed E-state index contributed by atoms with van der Waals surface area (Å²) in [4.78, 5) is 6.06. The molecule has 0 aliphatic heterocycles. The van der Waals surface area contributed by atoms with Gasteiger partial charge < -0.3 is 5.32 Å². The molecular formula is C17H21FN2S. The molecule has 0 unspecified atom stereocenters. The van der Waals surface area contributed by atoms with E-state index in [0.29, 0.717) is 11.6 Å². The predicted octanol–water partition coefficient (Wildman–Crippen LogP) is 4.46. The van der Waals surface area contributed by atoms with E-state index < -0.39 is 0 Å². The summed E-state index contributed by atoms with van der Waals surface area (Å²) < 4.78 is 13.7. The molecule has 1 fully saturated rings. The summed E-state index contributed by atoms with van der Waals surface area (Å²) in [6, 6.07) is 6.09. The smallest absolute Gasteiger partial charge is 0.126 e. The standard InChI is InChI=1S/C17H21FN2S/c1-3-4-15-16(10-19-13-7-8-13)21-17(20-15)12-6-5-11(2)14(18)9-12/h5-6,9,13,19H,3-4,7-8,10H2,1-2H3. The molecule has 3 rings (SSSR count). The molecule has 0 radical (unpaired) electrons. The van der Waals surface area contributed by atoms with Crippen LogP contribution in [-0.2, 0) is 13.0 Å². The monoisotopic (exact) mass is 304 g/mol. The maximum Gasteiger partial charge on any atom is 0.126 e. The number of rotatable bonds is 6. The number of aromatic nitrogens is 1. The summed E-state index contributed by atoms with van der Waals surface area (Å²) in [5.41, 5.74) is 2.74. The Kier molecular flexibility index (Phi) is 4.36. The van der Waals surface area contributed by atoms with Crippen molar-refractivity contribution < 1.29 is 4.39 Å². The third kappa shape index (κ3) is 3.50. The molecule has 1 N–H and O–H groups in total. The van der Waals surface area contributed by atoms with Gasteiger partial charge in [-0.2, -0.15) is 0 Å². The van der Waals surface area contributed by atoms with E-state index in [0.717, 1.165) is 30.0 Å². The van der Waals surface area contributed by atoms with Gasteiger partial charge in [-0.15, -0.1) is 11.3 Å². The van der Waals surface area contributed by atoms with Crippen LogP contribution < -0.4 is 5.32 Å². The Labute approximate surface area is 129 Å². The van der Waals surface area contributed by atoms with Gasteiger partial charge in [0.25, 0.3) is 0 Å². The highest BCUT2D eigenvalue weighted by Crippen LogP contribution is 2.30. The van der Waals surface area contributed by atoms with Crippen molar-refractivity contribution in [1.29, 1.82) is 0 Å². The molecule has 0 saturated heterocycles. The lowest BCUT2D eigenvalue weighted by Crippen LogP contribution is -2.15. The van der Waals surface area contributed by atoms with Crippen molar-refractivity contribution in [3.63, 3.8) is 0 Å². The summed E-state index contributed by atoms with van der Waals surface area (Å²) in [6.45, 7) is 4.85. The molecule has 2 aromatic rings. The van der Waals surface area contributed by atoms with Gasteiger partial charge >= 0.3 is 0 Å². The summed E-state index contributed by atoms with van der Waals surface area (Å²) in [5.74, 6) is -0.155. The van der Waals surface area contributed by atoms with Gasteiger partial charge in [-0.05, 0) is 37.8 Å². The van der Waals surface area contributed by atoms with Crippen LogP contribution in [0.3, 0.4) is 0 Å². The third-order valence-corrected chi connectivity index (χ3v) is 4.96. The van der Waals surface area contributed by atoms with Crippen LogP contribution >= 0.6 is 11.3 Å². The molecular weight excluding hydrogens is 283 g/mol. The first-order valence-electron chi connectivity index (χ1n) is 7.66. The van der Waals surface area contributed by atoms with Gasteiger partial charge in [0.2, 0.25) is 0 Å². The molecule has 1 aromatic heterocycles. The Morgan fingerprint density at radius 1 is 1.38 bits per heavy atom. The Balaban J connectivity index is 1.86.